The second-order valence-electron chi connectivity index (χ2n) is 4.52. The van der Waals surface area contributed by atoms with Gasteiger partial charge in [0.2, 0.25) is 0 Å². The van der Waals surface area contributed by atoms with Crippen molar-refractivity contribution in [2.75, 3.05) is 17.7 Å². The number of anilines is 2. The van der Waals surface area contributed by atoms with Gasteiger partial charge in [0.25, 0.3) is 0 Å². The van der Waals surface area contributed by atoms with Gasteiger partial charge in [-0.25, -0.2) is 9.97 Å². The van der Waals surface area contributed by atoms with Gasteiger partial charge < -0.3 is 15.7 Å². The van der Waals surface area contributed by atoms with Crippen LogP contribution in [0.4, 0.5) is 11.6 Å². The van der Waals surface area contributed by atoms with Crippen LogP contribution in [0.3, 0.4) is 0 Å². The first-order valence-electron chi connectivity index (χ1n) is 6.20. The first-order chi connectivity index (χ1) is 8.24. The highest BCUT2D eigenvalue weighted by Crippen LogP contribution is 2.27. The number of aliphatic hydroxyl groups is 1. The van der Waals surface area contributed by atoms with Crippen molar-refractivity contribution >= 4 is 11.6 Å². The van der Waals surface area contributed by atoms with Crippen LogP contribution in [0, 0.1) is 0 Å². The lowest BCUT2D eigenvalue weighted by Gasteiger charge is -2.33. The first-order valence-corrected chi connectivity index (χ1v) is 6.20. The van der Waals surface area contributed by atoms with Crippen LogP contribution in [0.15, 0.2) is 6.33 Å². The molecule has 0 unspecified atom stereocenters. The Morgan fingerprint density at radius 3 is 2.65 bits per heavy atom. The van der Waals surface area contributed by atoms with Crippen molar-refractivity contribution in [1.29, 1.82) is 0 Å². The highest BCUT2D eigenvalue weighted by atomic mass is 16.3. The van der Waals surface area contributed by atoms with Crippen LogP contribution in [0.5, 0.6) is 0 Å². The Morgan fingerprint density at radius 1 is 1.35 bits per heavy atom. The maximum Gasteiger partial charge on any atom is 0.134 e. The van der Waals surface area contributed by atoms with Gasteiger partial charge >= 0.3 is 0 Å². The Bertz CT molecular complexity index is 377. The molecule has 1 aliphatic rings. The molecular formula is C12H20N4O. The van der Waals surface area contributed by atoms with Crippen molar-refractivity contribution in [3.63, 3.8) is 0 Å². The maximum absolute atomic E-state index is 9.28. The smallest absolute Gasteiger partial charge is 0.134 e. The summed E-state index contributed by atoms with van der Waals surface area (Å²) in [6, 6.07) is 0.347. The zero-order valence-corrected chi connectivity index (χ0v) is 10.4. The Kier molecular flexibility index (Phi) is 3.78. The number of rotatable bonds is 5. The molecule has 1 saturated carbocycles. The zero-order valence-electron chi connectivity index (χ0n) is 10.4. The molecule has 2 rings (SSSR count). The normalized spacial score (nSPS) is 23.0. The minimum absolute atomic E-state index is 0.146. The molecule has 1 aromatic heterocycles. The summed E-state index contributed by atoms with van der Waals surface area (Å²) in [6.45, 7) is 2.14. The summed E-state index contributed by atoms with van der Waals surface area (Å²) in [7, 11) is 1.87. The lowest BCUT2D eigenvalue weighted by Crippen LogP contribution is -2.39. The van der Waals surface area contributed by atoms with E-state index in [1.807, 2.05) is 7.05 Å². The van der Waals surface area contributed by atoms with E-state index in [-0.39, 0.29) is 6.10 Å². The van der Waals surface area contributed by atoms with Gasteiger partial charge in [0.1, 0.15) is 18.0 Å². The number of hydrogen-bond acceptors (Lipinski definition) is 5. The largest absolute Gasteiger partial charge is 0.393 e. The molecule has 3 N–H and O–H groups in total. The third-order valence-electron chi connectivity index (χ3n) is 3.14. The molecule has 94 valence electrons. The minimum Gasteiger partial charge on any atom is -0.393 e. The van der Waals surface area contributed by atoms with E-state index in [1.54, 1.807) is 6.33 Å². The standard InChI is InChI=1S/C12H20N4O/c1-3-4-10-11(13-2)14-7-15-12(10)16-8-5-9(17)6-8/h7-9,17H,3-6H2,1-2H3,(H2,13,14,15,16). The Balaban J connectivity index is 2.13. The lowest BCUT2D eigenvalue weighted by molar-refractivity contribution is 0.0835. The lowest BCUT2D eigenvalue weighted by atomic mass is 9.89. The Morgan fingerprint density at radius 2 is 2.06 bits per heavy atom. The summed E-state index contributed by atoms with van der Waals surface area (Å²) >= 11 is 0. The SMILES string of the molecule is CCCc1c(NC)ncnc1NC1CC(O)C1. The van der Waals surface area contributed by atoms with E-state index in [0.717, 1.165) is 42.9 Å². The number of nitrogens with zero attached hydrogens (tertiary/aromatic N) is 2. The van der Waals surface area contributed by atoms with Crippen LogP contribution in [-0.4, -0.2) is 34.3 Å². The van der Waals surface area contributed by atoms with Crippen LogP contribution in [0.1, 0.15) is 31.7 Å². The average Bonchev–Trinajstić information content (AvgIpc) is 2.29. The zero-order chi connectivity index (χ0) is 12.3. The van der Waals surface area contributed by atoms with Crippen molar-refractivity contribution in [3.8, 4) is 0 Å². The highest BCUT2D eigenvalue weighted by molar-refractivity contribution is 5.57. The van der Waals surface area contributed by atoms with Crippen molar-refractivity contribution in [2.24, 2.45) is 0 Å². The number of aliphatic hydroxyl groups excluding tert-OH is 1. The highest BCUT2D eigenvalue weighted by Gasteiger charge is 2.28. The second-order valence-corrected chi connectivity index (χ2v) is 4.52. The van der Waals surface area contributed by atoms with E-state index in [2.05, 4.69) is 27.5 Å². The predicted molar refractivity (Wildman–Crippen MR) is 68.2 cm³/mol. The molecular weight excluding hydrogens is 216 g/mol. The molecule has 0 amide bonds. The monoisotopic (exact) mass is 236 g/mol. The van der Waals surface area contributed by atoms with Gasteiger partial charge in [0, 0.05) is 18.7 Å². The van der Waals surface area contributed by atoms with Crippen molar-refractivity contribution < 1.29 is 5.11 Å². The Labute approximate surface area is 102 Å². The average molecular weight is 236 g/mol. The van der Waals surface area contributed by atoms with E-state index in [4.69, 9.17) is 0 Å². The minimum atomic E-state index is -0.146. The summed E-state index contributed by atoms with van der Waals surface area (Å²) < 4.78 is 0. The van der Waals surface area contributed by atoms with Gasteiger partial charge in [-0.15, -0.1) is 0 Å². The fourth-order valence-corrected chi connectivity index (χ4v) is 2.14. The molecule has 5 heteroatoms. The summed E-state index contributed by atoms with van der Waals surface area (Å²) in [5, 5.41) is 15.8. The van der Waals surface area contributed by atoms with Crippen LogP contribution in [0.25, 0.3) is 0 Å². The van der Waals surface area contributed by atoms with Crippen molar-refractivity contribution in [1.82, 2.24) is 9.97 Å². The molecule has 1 aliphatic carbocycles. The molecule has 0 spiro atoms. The number of hydrogen-bond donors (Lipinski definition) is 3. The molecule has 0 radical (unpaired) electrons. The third-order valence-corrected chi connectivity index (χ3v) is 3.14. The molecule has 1 aromatic rings. The van der Waals surface area contributed by atoms with Gasteiger partial charge in [0.15, 0.2) is 0 Å². The molecule has 1 fully saturated rings. The van der Waals surface area contributed by atoms with Crippen LogP contribution in [0.2, 0.25) is 0 Å². The molecule has 5 nitrogen and oxygen atoms in total. The fourth-order valence-electron chi connectivity index (χ4n) is 2.14. The molecule has 0 aromatic carbocycles. The van der Waals surface area contributed by atoms with Gasteiger partial charge in [-0.2, -0.15) is 0 Å². The summed E-state index contributed by atoms with van der Waals surface area (Å²) in [5.74, 6) is 1.80. The summed E-state index contributed by atoms with van der Waals surface area (Å²) in [6.07, 6.45) is 5.06. The van der Waals surface area contributed by atoms with Crippen molar-refractivity contribution in [2.45, 2.75) is 44.8 Å². The first kappa shape index (κ1) is 12.1. The summed E-state index contributed by atoms with van der Waals surface area (Å²) in [5.41, 5.74) is 1.14. The molecule has 0 atom stereocenters. The second kappa shape index (κ2) is 5.31. The van der Waals surface area contributed by atoms with Gasteiger partial charge in [-0.1, -0.05) is 13.3 Å². The summed E-state index contributed by atoms with van der Waals surface area (Å²) in [4.78, 5) is 8.54. The van der Waals surface area contributed by atoms with Crippen LogP contribution in [-0.2, 0) is 6.42 Å². The number of aromatic nitrogens is 2. The molecule has 0 aliphatic heterocycles. The molecule has 0 saturated heterocycles. The van der Waals surface area contributed by atoms with E-state index < -0.39 is 0 Å². The van der Waals surface area contributed by atoms with Gasteiger partial charge in [0.05, 0.1) is 6.10 Å². The Hall–Kier alpha value is -1.36. The maximum atomic E-state index is 9.28. The van der Waals surface area contributed by atoms with Gasteiger partial charge in [-0.05, 0) is 19.3 Å². The molecule has 17 heavy (non-hydrogen) atoms. The molecule has 0 bridgehead atoms. The quantitative estimate of drug-likeness (QED) is 0.721. The van der Waals surface area contributed by atoms with Crippen LogP contribution >= 0.6 is 0 Å². The topological polar surface area (TPSA) is 70.1 Å². The van der Waals surface area contributed by atoms with Gasteiger partial charge in [-0.3, -0.25) is 0 Å². The third kappa shape index (κ3) is 2.66. The van der Waals surface area contributed by atoms with E-state index >= 15 is 0 Å². The number of nitrogens with one attached hydrogen (secondary N) is 2. The van der Waals surface area contributed by atoms with Crippen LogP contribution < -0.4 is 10.6 Å². The molecule has 1 heterocycles. The fraction of sp³-hybridized carbons (Fsp3) is 0.667. The van der Waals surface area contributed by atoms with E-state index in [1.165, 1.54) is 0 Å². The van der Waals surface area contributed by atoms with E-state index in [9.17, 15) is 5.11 Å². The van der Waals surface area contributed by atoms with Crippen molar-refractivity contribution in [3.05, 3.63) is 11.9 Å². The van der Waals surface area contributed by atoms with E-state index in [0.29, 0.717) is 6.04 Å². The predicted octanol–water partition coefficient (Wildman–Crippen LogP) is 1.41.